The molecule has 1 N–H and O–H groups in total. The van der Waals surface area contributed by atoms with E-state index in [-0.39, 0.29) is 24.5 Å². The van der Waals surface area contributed by atoms with E-state index in [0.717, 1.165) is 16.7 Å². The number of benzene rings is 2. The number of amides is 1. The molecule has 0 bridgehead atoms. The third-order valence-corrected chi connectivity index (χ3v) is 5.42. The molecule has 3 rings (SSSR count). The summed E-state index contributed by atoms with van der Waals surface area (Å²) >= 11 is 6.04. The molecule has 1 saturated carbocycles. The maximum atomic E-state index is 12.4. The Kier molecular flexibility index (Phi) is 7.91. The van der Waals surface area contributed by atoms with Crippen molar-refractivity contribution in [2.24, 2.45) is 0 Å². The molecule has 5 nitrogen and oxygen atoms in total. The van der Waals surface area contributed by atoms with Gasteiger partial charge in [0.1, 0.15) is 6.61 Å². The minimum Gasteiger partial charge on any atom is -0.463 e. The summed E-state index contributed by atoms with van der Waals surface area (Å²) in [5.41, 5.74) is 3.01. The number of esters is 1. The van der Waals surface area contributed by atoms with Crippen molar-refractivity contribution in [1.82, 2.24) is 5.32 Å². The molecule has 0 radical (unpaired) electrons. The summed E-state index contributed by atoms with van der Waals surface area (Å²) < 4.78 is 10.4. The highest BCUT2D eigenvalue weighted by Gasteiger charge is 2.30. The van der Waals surface area contributed by atoms with Gasteiger partial charge in [-0.1, -0.05) is 59.6 Å². The van der Waals surface area contributed by atoms with Gasteiger partial charge >= 0.3 is 12.1 Å². The Bertz CT molecular complexity index is 880. The van der Waals surface area contributed by atoms with E-state index in [1.807, 2.05) is 54.6 Å². The Balaban J connectivity index is 1.69. The lowest BCUT2D eigenvalue weighted by Crippen LogP contribution is -2.41. The van der Waals surface area contributed by atoms with E-state index < -0.39 is 6.09 Å². The molecule has 158 valence electrons. The van der Waals surface area contributed by atoms with Crippen molar-refractivity contribution in [2.45, 2.75) is 44.8 Å². The number of carbonyl (C=O) groups excluding carboxylic acids is 2. The number of hydrogen-bond acceptors (Lipinski definition) is 4. The second kappa shape index (κ2) is 10.8. The minimum absolute atomic E-state index is 0.0148. The van der Waals surface area contributed by atoms with Crippen molar-refractivity contribution in [2.75, 3.05) is 6.61 Å². The number of rotatable bonds is 6. The molecule has 0 heterocycles. The molecule has 6 heteroatoms. The van der Waals surface area contributed by atoms with Gasteiger partial charge in [-0.2, -0.15) is 0 Å². The zero-order valence-electron chi connectivity index (χ0n) is 17.0. The van der Waals surface area contributed by atoms with Gasteiger partial charge in [0.05, 0.1) is 6.61 Å². The summed E-state index contributed by atoms with van der Waals surface area (Å²) in [4.78, 5) is 24.3. The van der Waals surface area contributed by atoms with Crippen LogP contribution in [0.1, 0.15) is 43.2 Å². The molecule has 1 amide bonds. The average Bonchev–Trinajstić information content (AvgIpc) is 2.75. The van der Waals surface area contributed by atoms with Crippen LogP contribution in [-0.4, -0.2) is 24.7 Å². The molecule has 0 saturated heterocycles. The number of carbonyl (C=O) groups is 2. The maximum absolute atomic E-state index is 12.4. The molecule has 0 spiro atoms. The SMILES string of the molecule is CCOC(=O)C=C1CC[C@H](NC(=O)OCc2ccccc2)[C@@H](c2ccc(Cl)cc2)C1. The molecule has 1 fully saturated rings. The van der Waals surface area contributed by atoms with Crippen molar-refractivity contribution in [3.63, 3.8) is 0 Å². The number of nitrogens with one attached hydrogen (secondary N) is 1. The fourth-order valence-electron chi connectivity index (χ4n) is 3.70. The Hall–Kier alpha value is -2.79. The Labute approximate surface area is 182 Å². The van der Waals surface area contributed by atoms with Crippen LogP contribution in [0.25, 0.3) is 0 Å². The highest BCUT2D eigenvalue weighted by molar-refractivity contribution is 6.30. The molecule has 0 aromatic heterocycles. The van der Waals surface area contributed by atoms with Crippen LogP contribution in [0, 0.1) is 0 Å². The van der Waals surface area contributed by atoms with Crippen molar-refractivity contribution >= 4 is 23.7 Å². The third-order valence-electron chi connectivity index (χ3n) is 5.17. The first-order chi connectivity index (χ1) is 14.5. The van der Waals surface area contributed by atoms with Crippen LogP contribution in [0.2, 0.25) is 5.02 Å². The molecule has 1 aliphatic rings. The number of halogens is 1. The zero-order valence-corrected chi connectivity index (χ0v) is 17.7. The van der Waals surface area contributed by atoms with E-state index >= 15 is 0 Å². The summed E-state index contributed by atoms with van der Waals surface area (Å²) in [5, 5.41) is 3.67. The fourth-order valence-corrected chi connectivity index (χ4v) is 3.83. The molecular weight excluding hydrogens is 402 g/mol. The quantitative estimate of drug-likeness (QED) is 0.495. The van der Waals surface area contributed by atoms with Gasteiger partial charge in [-0.3, -0.25) is 0 Å². The van der Waals surface area contributed by atoms with Gasteiger partial charge < -0.3 is 14.8 Å². The first-order valence-electron chi connectivity index (χ1n) is 10.1. The fraction of sp³-hybridized carbons (Fsp3) is 0.333. The number of hydrogen-bond donors (Lipinski definition) is 1. The van der Waals surface area contributed by atoms with Crippen molar-refractivity contribution in [1.29, 1.82) is 0 Å². The largest absolute Gasteiger partial charge is 0.463 e. The van der Waals surface area contributed by atoms with Crippen LogP contribution in [0.15, 0.2) is 66.2 Å². The second-order valence-corrected chi connectivity index (χ2v) is 7.70. The lowest BCUT2D eigenvalue weighted by Gasteiger charge is -2.33. The molecule has 0 unspecified atom stereocenters. The van der Waals surface area contributed by atoms with Crippen LogP contribution >= 0.6 is 11.6 Å². The predicted molar refractivity (Wildman–Crippen MR) is 116 cm³/mol. The van der Waals surface area contributed by atoms with E-state index in [1.165, 1.54) is 0 Å². The summed E-state index contributed by atoms with van der Waals surface area (Å²) in [6, 6.07) is 17.1. The highest BCUT2D eigenvalue weighted by atomic mass is 35.5. The van der Waals surface area contributed by atoms with Crippen molar-refractivity contribution in [3.05, 3.63) is 82.4 Å². The first kappa shape index (κ1) is 21.9. The highest BCUT2D eigenvalue weighted by Crippen LogP contribution is 2.36. The first-order valence-corrected chi connectivity index (χ1v) is 10.5. The monoisotopic (exact) mass is 427 g/mol. The van der Waals surface area contributed by atoms with Crippen LogP contribution in [0.4, 0.5) is 4.79 Å². The lowest BCUT2D eigenvalue weighted by molar-refractivity contribution is -0.137. The van der Waals surface area contributed by atoms with Gasteiger partial charge in [0.15, 0.2) is 0 Å². The van der Waals surface area contributed by atoms with E-state index in [2.05, 4.69) is 5.32 Å². The van der Waals surface area contributed by atoms with E-state index in [4.69, 9.17) is 21.1 Å². The number of allylic oxidation sites excluding steroid dienone is 1. The van der Waals surface area contributed by atoms with Crippen LogP contribution < -0.4 is 5.32 Å². The standard InChI is InChI=1S/C24H26ClNO4/c1-2-29-23(27)15-18-8-13-22(21(14-18)19-9-11-20(25)12-10-19)26-24(28)30-16-17-6-4-3-5-7-17/h3-7,9-12,15,21-22H,2,8,13-14,16H2,1H3,(H,26,28)/t21-,22+/m1/s1. The zero-order chi connectivity index (χ0) is 21.3. The molecule has 2 atom stereocenters. The molecule has 2 aromatic carbocycles. The smallest absolute Gasteiger partial charge is 0.407 e. The van der Waals surface area contributed by atoms with Crippen molar-refractivity contribution in [3.8, 4) is 0 Å². The minimum atomic E-state index is -0.444. The maximum Gasteiger partial charge on any atom is 0.407 e. The summed E-state index contributed by atoms with van der Waals surface area (Å²) in [7, 11) is 0. The molecular formula is C24H26ClNO4. The van der Waals surface area contributed by atoms with Gasteiger partial charge in [-0.15, -0.1) is 0 Å². The lowest BCUT2D eigenvalue weighted by atomic mass is 9.77. The topological polar surface area (TPSA) is 64.6 Å². The third kappa shape index (κ3) is 6.36. The number of ether oxygens (including phenoxy) is 2. The van der Waals surface area contributed by atoms with E-state index in [0.29, 0.717) is 30.9 Å². The van der Waals surface area contributed by atoms with E-state index in [9.17, 15) is 9.59 Å². The molecule has 2 aromatic rings. The van der Waals surface area contributed by atoms with Crippen LogP contribution in [0.5, 0.6) is 0 Å². The summed E-state index contributed by atoms with van der Waals surface area (Å²) in [6.07, 6.45) is 3.21. The van der Waals surface area contributed by atoms with Crippen LogP contribution in [-0.2, 0) is 20.9 Å². The molecule has 0 aliphatic heterocycles. The van der Waals surface area contributed by atoms with Gasteiger partial charge in [0.2, 0.25) is 0 Å². The summed E-state index contributed by atoms with van der Waals surface area (Å²) in [5.74, 6) is -0.308. The van der Waals surface area contributed by atoms with Gasteiger partial charge in [-0.25, -0.2) is 9.59 Å². The average molecular weight is 428 g/mol. The van der Waals surface area contributed by atoms with E-state index in [1.54, 1.807) is 13.0 Å². The predicted octanol–water partition coefficient (Wildman–Crippen LogP) is 5.39. The van der Waals surface area contributed by atoms with Crippen molar-refractivity contribution < 1.29 is 19.1 Å². The number of alkyl carbamates (subject to hydrolysis) is 1. The molecule has 1 aliphatic carbocycles. The summed E-state index contributed by atoms with van der Waals surface area (Å²) in [6.45, 7) is 2.36. The normalized spacial score (nSPS) is 19.9. The second-order valence-electron chi connectivity index (χ2n) is 7.27. The Morgan fingerprint density at radius 1 is 1.10 bits per heavy atom. The Morgan fingerprint density at radius 3 is 2.53 bits per heavy atom. The van der Waals surface area contributed by atoms with Gasteiger partial charge in [0, 0.05) is 23.1 Å². The van der Waals surface area contributed by atoms with Gasteiger partial charge in [0.25, 0.3) is 0 Å². The molecule has 30 heavy (non-hydrogen) atoms. The van der Waals surface area contributed by atoms with Crippen LogP contribution in [0.3, 0.4) is 0 Å². The Morgan fingerprint density at radius 2 is 1.83 bits per heavy atom. The van der Waals surface area contributed by atoms with Gasteiger partial charge in [-0.05, 0) is 49.4 Å².